The minimum absolute atomic E-state index is 0.0502. The monoisotopic (exact) mass is 298 g/mol. The molecule has 0 bridgehead atoms. The molecule has 4 nitrogen and oxygen atoms in total. The molecule has 0 aliphatic heterocycles. The van der Waals surface area contributed by atoms with Crippen molar-refractivity contribution in [1.29, 1.82) is 0 Å². The Morgan fingerprint density at radius 1 is 1.09 bits per heavy atom. The molecule has 4 heteroatoms. The lowest BCUT2D eigenvalue weighted by Crippen LogP contribution is -2.24. The summed E-state index contributed by atoms with van der Waals surface area (Å²) in [4.78, 5) is 15.8. The first kappa shape index (κ1) is 15.9. The van der Waals surface area contributed by atoms with Gasteiger partial charge < -0.3 is 14.2 Å². The number of carbonyl (C=O) groups is 1. The molecule has 22 heavy (non-hydrogen) atoms. The number of hydrogen-bond acceptors (Lipinski definition) is 3. The van der Waals surface area contributed by atoms with Crippen molar-refractivity contribution in [2.45, 2.75) is 13.5 Å². The molecule has 0 saturated heterocycles. The third kappa shape index (κ3) is 4.25. The summed E-state index contributed by atoms with van der Waals surface area (Å²) in [6.07, 6.45) is 3.23. The Hall–Kier alpha value is -2.49. The lowest BCUT2D eigenvalue weighted by molar-refractivity contribution is -0.125. The largest absolute Gasteiger partial charge is 0.462 e. The number of furan rings is 1. The lowest BCUT2D eigenvalue weighted by atomic mass is 10.2. The average molecular weight is 298 g/mol. The highest BCUT2D eigenvalue weighted by molar-refractivity contribution is 5.91. The number of aryl methyl sites for hydroxylation is 1. The van der Waals surface area contributed by atoms with Crippen LogP contribution in [0.1, 0.15) is 17.1 Å². The van der Waals surface area contributed by atoms with E-state index in [1.807, 2.05) is 50.2 Å². The second-order valence-corrected chi connectivity index (χ2v) is 5.54. The average Bonchev–Trinajstić information content (AvgIpc) is 2.91. The molecule has 0 atom stereocenters. The van der Waals surface area contributed by atoms with Crippen molar-refractivity contribution in [1.82, 2.24) is 4.90 Å². The molecule has 0 saturated carbocycles. The Morgan fingerprint density at radius 3 is 2.32 bits per heavy atom. The van der Waals surface area contributed by atoms with Crippen LogP contribution in [0.3, 0.4) is 0 Å². The van der Waals surface area contributed by atoms with Crippen molar-refractivity contribution in [3.8, 4) is 0 Å². The predicted molar refractivity (Wildman–Crippen MR) is 89.7 cm³/mol. The van der Waals surface area contributed by atoms with Crippen molar-refractivity contribution in [2.75, 3.05) is 26.0 Å². The minimum Gasteiger partial charge on any atom is -0.462 e. The molecule has 1 heterocycles. The summed E-state index contributed by atoms with van der Waals surface area (Å²) in [5.74, 6) is 1.47. The third-order valence-corrected chi connectivity index (χ3v) is 3.40. The summed E-state index contributed by atoms with van der Waals surface area (Å²) in [6, 6.07) is 11.9. The Labute approximate surface area is 131 Å². The Morgan fingerprint density at radius 2 is 1.77 bits per heavy atom. The molecule has 1 aromatic carbocycles. The van der Waals surface area contributed by atoms with E-state index in [-0.39, 0.29) is 5.91 Å². The Balaban J connectivity index is 1.94. The van der Waals surface area contributed by atoms with Crippen LogP contribution in [0.25, 0.3) is 6.08 Å². The van der Waals surface area contributed by atoms with E-state index in [0.29, 0.717) is 12.3 Å². The number of hydrogen-bond donors (Lipinski definition) is 0. The molecule has 0 spiro atoms. The first-order chi connectivity index (χ1) is 10.5. The van der Waals surface area contributed by atoms with E-state index in [1.165, 1.54) is 6.08 Å². The van der Waals surface area contributed by atoms with E-state index < -0.39 is 0 Å². The van der Waals surface area contributed by atoms with E-state index in [1.54, 1.807) is 18.0 Å². The maximum atomic E-state index is 12.1. The fourth-order valence-electron chi connectivity index (χ4n) is 2.07. The topological polar surface area (TPSA) is 36.7 Å². The van der Waals surface area contributed by atoms with Gasteiger partial charge in [-0.25, -0.2) is 0 Å². The van der Waals surface area contributed by atoms with Crippen LogP contribution in [-0.2, 0) is 11.3 Å². The van der Waals surface area contributed by atoms with Gasteiger partial charge in [-0.15, -0.1) is 0 Å². The molecule has 2 aromatic rings. The second kappa shape index (κ2) is 6.98. The molecular formula is C18H22N2O2. The van der Waals surface area contributed by atoms with E-state index in [9.17, 15) is 4.79 Å². The van der Waals surface area contributed by atoms with Crippen LogP contribution in [0.5, 0.6) is 0 Å². The molecule has 0 aliphatic carbocycles. The van der Waals surface area contributed by atoms with Gasteiger partial charge in [-0.05, 0) is 42.8 Å². The van der Waals surface area contributed by atoms with Crippen LogP contribution in [0.15, 0.2) is 46.9 Å². The number of carbonyl (C=O) groups excluding carboxylic acids is 1. The van der Waals surface area contributed by atoms with Crippen molar-refractivity contribution < 1.29 is 9.21 Å². The SMILES string of the molecule is Cc1ccc(/C=C/C(=O)N(C)Cc2ccc(N(C)C)cc2)o1. The fraction of sp³-hybridized carbons (Fsp3) is 0.278. The van der Waals surface area contributed by atoms with Crippen LogP contribution in [0.4, 0.5) is 5.69 Å². The van der Waals surface area contributed by atoms with E-state index in [2.05, 4.69) is 12.1 Å². The maximum absolute atomic E-state index is 12.1. The number of benzene rings is 1. The van der Waals surface area contributed by atoms with Crippen molar-refractivity contribution in [2.24, 2.45) is 0 Å². The summed E-state index contributed by atoms with van der Waals surface area (Å²) >= 11 is 0. The van der Waals surface area contributed by atoms with Crippen LogP contribution in [0, 0.1) is 6.92 Å². The van der Waals surface area contributed by atoms with Gasteiger partial charge in [-0.2, -0.15) is 0 Å². The lowest BCUT2D eigenvalue weighted by Gasteiger charge is -2.17. The van der Waals surface area contributed by atoms with Gasteiger partial charge in [0.25, 0.3) is 0 Å². The van der Waals surface area contributed by atoms with Crippen molar-refractivity contribution in [3.63, 3.8) is 0 Å². The van der Waals surface area contributed by atoms with E-state index in [4.69, 9.17) is 4.42 Å². The highest BCUT2D eigenvalue weighted by atomic mass is 16.3. The standard InChI is InChI=1S/C18H22N2O2/c1-14-5-10-17(22-14)11-12-18(21)20(4)13-15-6-8-16(9-7-15)19(2)3/h5-12H,13H2,1-4H3/b12-11+. The summed E-state index contributed by atoms with van der Waals surface area (Å²) in [5.41, 5.74) is 2.24. The predicted octanol–water partition coefficient (Wildman–Crippen LogP) is 3.33. The zero-order valence-corrected chi connectivity index (χ0v) is 13.5. The quantitative estimate of drug-likeness (QED) is 0.795. The molecule has 0 aliphatic rings. The smallest absolute Gasteiger partial charge is 0.246 e. The summed E-state index contributed by atoms with van der Waals surface area (Å²) in [5, 5.41) is 0. The number of nitrogens with zero attached hydrogens (tertiary/aromatic N) is 2. The normalized spacial score (nSPS) is 10.9. The second-order valence-electron chi connectivity index (χ2n) is 5.54. The van der Waals surface area contributed by atoms with Crippen LogP contribution < -0.4 is 4.90 Å². The third-order valence-electron chi connectivity index (χ3n) is 3.40. The minimum atomic E-state index is -0.0502. The van der Waals surface area contributed by atoms with Crippen LogP contribution in [0.2, 0.25) is 0 Å². The van der Waals surface area contributed by atoms with Gasteiger partial charge in [0.2, 0.25) is 5.91 Å². The van der Waals surface area contributed by atoms with Crippen LogP contribution in [-0.4, -0.2) is 32.0 Å². The first-order valence-electron chi connectivity index (χ1n) is 7.21. The maximum Gasteiger partial charge on any atom is 0.246 e. The van der Waals surface area contributed by atoms with Gasteiger partial charge in [0.05, 0.1) is 0 Å². The van der Waals surface area contributed by atoms with Gasteiger partial charge in [0, 0.05) is 39.5 Å². The molecule has 116 valence electrons. The van der Waals surface area contributed by atoms with Gasteiger partial charge in [-0.3, -0.25) is 4.79 Å². The highest BCUT2D eigenvalue weighted by Gasteiger charge is 2.06. The van der Waals surface area contributed by atoms with E-state index >= 15 is 0 Å². The summed E-state index contributed by atoms with van der Waals surface area (Å²) in [6.45, 7) is 2.46. The zero-order valence-electron chi connectivity index (χ0n) is 13.5. The first-order valence-corrected chi connectivity index (χ1v) is 7.21. The molecule has 0 radical (unpaired) electrons. The van der Waals surface area contributed by atoms with Gasteiger partial charge in [0.15, 0.2) is 0 Å². The molecule has 0 fully saturated rings. The molecule has 1 aromatic heterocycles. The Kier molecular flexibility index (Phi) is 5.04. The molecule has 2 rings (SSSR count). The number of amides is 1. The van der Waals surface area contributed by atoms with Crippen molar-refractivity contribution >= 4 is 17.7 Å². The van der Waals surface area contributed by atoms with E-state index in [0.717, 1.165) is 17.0 Å². The molecular weight excluding hydrogens is 276 g/mol. The number of likely N-dealkylation sites (N-methyl/N-ethyl adjacent to an activating group) is 1. The summed E-state index contributed by atoms with van der Waals surface area (Å²) in [7, 11) is 5.80. The molecule has 1 amide bonds. The fourth-order valence-corrected chi connectivity index (χ4v) is 2.07. The number of rotatable bonds is 5. The highest BCUT2D eigenvalue weighted by Crippen LogP contribution is 2.14. The number of anilines is 1. The van der Waals surface area contributed by atoms with Crippen LogP contribution >= 0.6 is 0 Å². The Bertz CT molecular complexity index is 654. The van der Waals surface area contributed by atoms with Gasteiger partial charge >= 0.3 is 0 Å². The molecule has 0 unspecified atom stereocenters. The van der Waals surface area contributed by atoms with Gasteiger partial charge in [0.1, 0.15) is 11.5 Å². The zero-order chi connectivity index (χ0) is 16.1. The molecule has 0 N–H and O–H groups in total. The summed E-state index contributed by atoms with van der Waals surface area (Å²) < 4.78 is 5.41. The van der Waals surface area contributed by atoms with Gasteiger partial charge in [-0.1, -0.05) is 12.1 Å². The van der Waals surface area contributed by atoms with Crippen molar-refractivity contribution in [3.05, 3.63) is 59.6 Å².